The van der Waals surface area contributed by atoms with Crippen LogP contribution in [0.4, 0.5) is 0 Å². The van der Waals surface area contributed by atoms with E-state index >= 15 is 0 Å². The average Bonchev–Trinajstić information content (AvgIpc) is 2.92. The summed E-state index contributed by atoms with van der Waals surface area (Å²) in [7, 11) is 0. The molecule has 1 aliphatic heterocycles. The van der Waals surface area contributed by atoms with Crippen molar-refractivity contribution in [3.05, 3.63) is 22.4 Å². The maximum atomic E-state index is 3.53. The lowest BCUT2D eigenvalue weighted by Crippen LogP contribution is -2.39. The molecule has 0 bridgehead atoms. The summed E-state index contributed by atoms with van der Waals surface area (Å²) >= 11 is 1.81. The minimum Gasteiger partial charge on any atom is -0.316 e. The molecule has 1 aromatic rings. The van der Waals surface area contributed by atoms with Gasteiger partial charge in [0.2, 0.25) is 0 Å². The minimum atomic E-state index is 0.568. The number of thiophene rings is 1. The van der Waals surface area contributed by atoms with Crippen LogP contribution in [0.1, 0.15) is 44.7 Å². The van der Waals surface area contributed by atoms with E-state index in [2.05, 4.69) is 40.9 Å². The summed E-state index contributed by atoms with van der Waals surface area (Å²) in [6.07, 6.45) is 3.98. The molecule has 0 amide bonds. The van der Waals surface area contributed by atoms with Gasteiger partial charge in [-0.25, -0.2) is 0 Å². The summed E-state index contributed by atoms with van der Waals surface area (Å²) in [6, 6.07) is 2.84. The zero-order valence-electron chi connectivity index (χ0n) is 11.7. The summed E-state index contributed by atoms with van der Waals surface area (Å²) in [5, 5.41) is 8.02. The number of hydrogen-bond acceptors (Lipinski definition) is 3. The Morgan fingerprint density at radius 1 is 1.56 bits per heavy atom. The van der Waals surface area contributed by atoms with Crippen LogP contribution in [-0.4, -0.2) is 31.1 Å². The molecule has 0 spiro atoms. The SMILES string of the molecule is CCCN(CC1CCCNC1)C(C)c1ccsc1. The molecule has 0 radical (unpaired) electrons. The van der Waals surface area contributed by atoms with Crippen molar-refractivity contribution in [2.75, 3.05) is 26.2 Å². The number of hydrogen-bond donors (Lipinski definition) is 1. The molecule has 1 aromatic heterocycles. The summed E-state index contributed by atoms with van der Waals surface area (Å²) in [5.74, 6) is 0.839. The molecule has 2 nitrogen and oxygen atoms in total. The van der Waals surface area contributed by atoms with Crippen molar-refractivity contribution in [3.8, 4) is 0 Å². The fourth-order valence-corrected chi connectivity index (χ4v) is 3.61. The van der Waals surface area contributed by atoms with E-state index in [1.165, 1.54) is 51.0 Å². The molecule has 1 saturated heterocycles. The summed E-state index contributed by atoms with van der Waals surface area (Å²) in [6.45, 7) is 9.52. The van der Waals surface area contributed by atoms with Crippen molar-refractivity contribution in [3.63, 3.8) is 0 Å². The lowest BCUT2D eigenvalue weighted by atomic mass is 9.97. The van der Waals surface area contributed by atoms with Gasteiger partial charge in [-0.2, -0.15) is 11.3 Å². The molecular weight excluding hydrogens is 240 g/mol. The molecule has 2 rings (SSSR count). The van der Waals surface area contributed by atoms with E-state index in [0.717, 1.165) is 5.92 Å². The van der Waals surface area contributed by atoms with Crippen LogP contribution in [0, 0.1) is 5.92 Å². The average molecular weight is 266 g/mol. The van der Waals surface area contributed by atoms with E-state index in [1.54, 1.807) is 0 Å². The second-order valence-corrected chi connectivity index (χ2v) is 6.22. The van der Waals surface area contributed by atoms with Crippen LogP contribution in [0.3, 0.4) is 0 Å². The van der Waals surface area contributed by atoms with Gasteiger partial charge in [-0.05, 0) is 74.1 Å². The Labute approximate surface area is 115 Å². The molecule has 0 saturated carbocycles. The van der Waals surface area contributed by atoms with Gasteiger partial charge in [0.15, 0.2) is 0 Å². The highest BCUT2D eigenvalue weighted by Gasteiger charge is 2.21. The number of nitrogens with zero attached hydrogens (tertiary/aromatic N) is 1. The van der Waals surface area contributed by atoms with Crippen LogP contribution in [0.15, 0.2) is 16.8 Å². The van der Waals surface area contributed by atoms with Crippen molar-refractivity contribution in [1.29, 1.82) is 0 Å². The summed E-state index contributed by atoms with van der Waals surface area (Å²) in [4.78, 5) is 2.67. The van der Waals surface area contributed by atoms with Gasteiger partial charge in [0.05, 0.1) is 0 Å². The Balaban J connectivity index is 1.93. The fraction of sp³-hybridized carbons (Fsp3) is 0.733. The van der Waals surface area contributed by atoms with E-state index < -0.39 is 0 Å². The first-order valence-electron chi connectivity index (χ1n) is 7.28. The first-order valence-corrected chi connectivity index (χ1v) is 8.22. The lowest BCUT2D eigenvalue weighted by molar-refractivity contribution is 0.163. The first-order chi connectivity index (χ1) is 8.81. The fourth-order valence-electron chi connectivity index (χ4n) is 2.87. The highest BCUT2D eigenvalue weighted by Crippen LogP contribution is 2.24. The van der Waals surface area contributed by atoms with Gasteiger partial charge in [0.25, 0.3) is 0 Å². The van der Waals surface area contributed by atoms with E-state index in [9.17, 15) is 0 Å². The summed E-state index contributed by atoms with van der Waals surface area (Å²) in [5.41, 5.74) is 1.48. The molecule has 1 N–H and O–H groups in total. The first kappa shape index (κ1) is 14.0. The smallest absolute Gasteiger partial charge is 0.0328 e. The minimum absolute atomic E-state index is 0.568. The second kappa shape index (κ2) is 7.27. The third-order valence-electron chi connectivity index (χ3n) is 3.98. The van der Waals surface area contributed by atoms with Crippen LogP contribution in [0.2, 0.25) is 0 Å². The summed E-state index contributed by atoms with van der Waals surface area (Å²) < 4.78 is 0. The zero-order valence-corrected chi connectivity index (χ0v) is 12.5. The maximum Gasteiger partial charge on any atom is 0.0328 e. The van der Waals surface area contributed by atoms with Gasteiger partial charge in [-0.15, -0.1) is 0 Å². The van der Waals surface area contributed by atoms with E-state index in [1.807, 2.05) is 11.3 Å². The Bertz CT molecular complexity index is 317. The molecule has 0 aromatic carbocycles. The number of rotatable bonds is 6. The van der Waals surface area contributed by atoms with Crippen molar-refractivity contribution < 1.29 is 0 Å². The molecule has 1 fully saturated rings. The van der Waals surface area contributed by atoms with E-state index in [4.69, 9.17) is 0 Å². The Kier molecular flexibility index (Phi) is 5.67. The quantitative estimate of drug-likeness (QED) is 0.847. The van der Waals surface area contributed by atoms with Gasteiger partial charge in [-0.3, -0.25) is 4.90 Å². The molecule has 2 unspecified atom stereocenters. The Hall–Kier alpha value is -0.380. The predicted octanol–water partition coefficient (Wildman–Crippen LogP) is 3.52. The number of piperidine rings is 1. The van der Waals surface area contributed by atoms with Crippen molar-refractivity contribution in [1.82, 2.24) is 10.2 Å². The lowest BCUT2D eigenvalue weighted by Gasteiger charge is -2.34. The third kappa shape index (κ3) is 3.81. The number of nitrogens with one attached hydrogen (secondary N) is 1. The van der Waals surface area contributed by atoms with Gasteiger partial charge in [0.1, 0.15) is 0 Å². The van der Waals surface area contributed by atoms with E-state index in [-0.39, 0.29) is 0 Å². The molecule has 3 heteroatoms. The molecular formula is C15H26N2S. The van der Waals surface area contributed by atoms with Gasteiger partial charge < -0.3 is 5.32 Å². The van der Waals surface area contributed by atoms with Crippen LogP contribution in [0.5, 0.6) is 0 Å². The molecule has 2 atom stereocenters. The standard InChI is InChI=1S/C15H26N2S/c1-3-8-17(11-14-5-4-7-16-10-14)13(2)15-6-9-18-12-15/h6,9,12-14,16H,3-5,7-8,10-11H2,1-2H3. The van der Waals surface area contributed by atoms with Crippen LogP contribution >= 0.6 is 11.3 Å². The normalized spacial score (nSPS) is 22.3. The Morgan fingerprint density at radius 3 is 3.06 bits per heavy atom. The van der Waals surface area contributed by atoms with Crippen LogP contribution < -0.4 is 5.32 Å². The molecule has 0 aliphatic carbocycles. The molecule has 2 heterocycles. The Morgan fingerprint density at radius 2 is 2.44 bits per heavy atom. The van der Waals surface area contributed by atoms with Gasteiger partial charge in [-0.1, -0.05) is 6.92 Å². The molecule has 102 valence electrons. The van der Waals surface area contributed by atoms with E-state index in [0.29, 0.717) is 6.04 Å². The second-order valence-electron chi connectivity index (χ2n) is 5.44. The molecule has 1 aliphatic rings. The van der Waals surface area contributed by atoms with Crippen molar-refractivity contribution >= 4 is 11.3 Å². The zero-order chi connectivity index (χ0) is 12.8. The molecule has 18 heavy (non-hydrogen) atoms. The highest BCUT2D eigenvalue weighted by molar-refractivity contribution is 7.07. The van der Waals surface area contributed by atoms with Crippen LogP contribution in [0.25, 0.3) is 0 Å². The van der Waals surface area contributed by atoms with Gasteiger partial charge in [0, 0.05) is 12.6 Å². The predicted molar refractivity (Wildman–Crippen MR) is 80.2 cm³/mol. The maximum absolute atomic E-state index is 3.53. The third-order valence-corrected chi connectivity index (χ3v) is 4.68. The largest absolute Gasteiger partial charge is 0.316 e. The van der Waals surface area contributed by atoms with Crippen LogP contribution in [-0.2, 0) is 0 Å². The highest BCUT2D eigenvalue weighted by atomic mass is 32.1. The van der Waals surface area contributed by atoms with Crippen molar-refractivity contribution in [2.45, 2.75) is 39.2 Å². The topological polar surface area (TPSA) is 15.3 Å². The van der Waals surface area contributed by atoms with Crippen molar-refractivity contribution in [2.24, 2.45) is 5.92 Å². The van der Waals surface area contributed by atoms with Gasteiger partial charge >= 0.3 is 0 Å². The monoisotopic (exact) mass is 266 g/mol.